The van der Waals surface area contributed by atoms with Crippen LogP contribution >= 0.6 is 0 Å². The second kappa shape index (κ2) is 10.1. The van der Waals surface area contributed by atoms with Gasteiger partial charge in [-0.15, -0.1) is 0 Å². The lowest BCUT2D eigenvalue weighted by Crippen LogP contribution is -2.44. The van der Waals surface area contributed by atoms with Crippen LogP contribution in [0.15, 0.2) is 41.4 Å². The number of aliphatic hydroxyl groups is 1. The first-order valence-electron chi connectivity index (χ1n) is 13.7. The molecule has 2 aromatic rings. The molecule has 0 spiro atoms. The molecule has 1 atom stereocenters. The SMILES string of the molecule is Cc1ccc(C2CCC(C)(C)OC2)c(OC2(C(=O)NS(=O)(=O)c3cccc(N4CCC(C)(O)CC4)n3)CC2)c1. The second-order valence-corrected chi connectivity index (χ2v) is 13.8. The normalized spacial score (nSPS) is 23.6. The summed E-state index contributed by atoms with van der Waals surface area (Å²) in [6.07, 6.45) is 3.84. The molecule has 0 radical (unpaired) electrons. The van der Waals surface area contributed by atoms with Crippen molar-refractivity contribution in [2.45, 2.75) is 94.0 Å². The Morgan fingerprint density at radius 2 is 1.82 bits per heavy atom. The second-order valence-electron chi connectivity index (χ2n) is 12.2. The van der Waals surface area contributed by atoms with Crippen molar-refractivity contribution >= 4 is 21.7 Å². The summed E-state index contributed by atoms with van der Waals surface area (Å²) in [5.41, 5.74) is -0.152. The number of rotatable bonds is 7. The molecular weight excluding hydrogens is 518 g/mol. The predicted molar refractivity (Wildman–Crippen MR) is 147 cm³/mol. The van der Waals surface area contributed by atoms with E-state index in [0.29, 0.717) is 56.9 Å². The number of aryl methyl sites for hydroxylation is 1. The molecule has 1 unspecified atom stereocenters. The molecule has 1 amide bonds. The number of hydrogen-bond acceptors (Lipinski definition) is 8. The first kappa shape index (κ1) is 27.9. The van der Waals surface area contributed by atoms with E-state index in [9.17, 15) is 18.3 Å². The molecule has 0 bridgehead atoms. The number of sulfonamides is 1. The fourth-order valence-corrected chi connectivity index (χ4v) is 6.24. The number of benzene rings is 1. The Labute approximate surface area is 231 Å². The van der Waals surface area contributed by atoms with Crippen LogP contribution in [0.2, 0.25) is 0 Å². The van der Waals surface area contributed by atoms with Gasteiger partial charge in [-0.2, -0.15) is 8.42 Å². The quantitative estimate of drug-likeness (QED) is 0.528. The number of pyridine rings is 1. The van der Waals surface area contributed by atoms with Crippen LogP contribution in [0.4, 0.5) is 5.82 Å². The summed E-state index contributed by atoms with van der Waals surface area (Å²) in [7, 11) is -4.22. The van der Waals surface area contributed by atoms with Gasteiger partial charge in [-0.05, 0) is 82.7 Å². The molecule has 1 saturated carbocycles. The highest BCUT2D eigenvalue weighted by molar-refractivity contribution is 7.90. The first-order valence-corrected chi connectivity index (χ1v) is 15.2. The number of nitrogens with one attached hydrogen (secondary N) is 1. The molecular formula is C29H39N3O6S. The maximum atomic E-state index is 13.3. The van der Waals surface area contributed by atoms with Gasteiger partial charge in [-0.25, -0.2) is 9.71 Å². The van der Waals surface area contributed by atoms with Gasteiger partial charge in [0.2, 0.25) is 0 Å². The smallest absolute Gasteiger partial charge is 0.281 e. The summed E-state index contributed by atoms with van der Waals surface area (Å²) in [5.74, 6) is 0.564. The average molecular weight is 558 g/mol. The van der Waals surface area contributed by atoms with Crippen molar-refractivity contribution < 1.29 is 27.8 Å². The molecule has 9 nitrogen and oxygen atoms in total. The van der Waals surface area contributed by atoms with Gasteiger partial charge >= 0.3 is 0 Å². The van der Waals surface area contributed by atoms with Crippen molar-refractivity contribution in [2.75, 3.05) is 24.6 Å². The van der Waals surface area contributed by atoms with Crippen LogP contribution in [-0.2, 0) is 19.6 Å². The Hall–Kier alpha value is -2.69. The number of amides is 1. The van der Waals surface area contributed by atoms with Crippen LogP contribution in [-0.4, -0.2) is 60.9 Å². The van der Waals surface area contributed by atoms with Crippen LogP contribution in [0.25, 0.3) is 0 Å². The zero-order valence-electron chi connectivity index (χ0n) is 23.2. The molecule has 2 aliphatic heterocycles. The van der Waals surface area contributed by atoms with Crippen molar-refractivity contribution in [2.24, 2.45) is 0 Å². The molecule has 1 aromatic heterocycles. The van der Waals surface area contributed by atoms with Gasteiger partial charge in [-0.3, -0.25) is 4.79 Å². The van der Waals surface area contributed by atoms with Gasteiger partial charge in [-0.1, -0.05) is 18.2 Å². The van der Waals surface area contributed by atoms with E-state index < -0.39 is 27.1 Å². The molecule has 1 aromatic carbocycles. The van der Waals surface area contributed by atoms with Crippen molar-refractivity contribution in [3.63, 3.8) is 0 Å². The third-order valence-corrected chi connectivity index (χ3v) is 9.41. The van der Waals surface area contributed by atoms with Crippen molar-refractivity contribution in [1.29, 1.82) is 0 Å². The summed E-state index contributed by atoms with van der Waals surface area (Å²) in [6, 6.07) is 10.7. The minimum Gasteiger partial charge on any atom is -0.477 e. The van der Waals surface area contributed by atoms with E-state index in [-0.39, 0.29) is 16.5 Å². The highest BCUT2D eigenvalue weighted by Crippen LogP contribution is 2.45. The molecule has 3 aliphatic rings. The maximum absolute atomic E-state index is 13.3. The lowest BCUT2D eigenvalue weighted by Gasteiger charge is -2.36. The van der Waals surface area contributed by atoms with Gasteiger partial charge in [0.05, 0.1) is 17.8 Å². The van der Waals surface area contributed by atoms with Gasteiger partial charge in [0, 0.05) is 31.8 Å². The topological polar surface area (TPSA) is 118 Å². The average Bonchev–Trinajstić information content (AvgIpc) is 3.65. The fraction of sp³-hybridized carbons (Fsp3) is 0.586. The van der Waals surface area contributed by atoms with Gasteiger partial charge in [0.25, 0.3) is 15.9 Å². The standard InChI is InChI=1S/C29H39N3O6S/c1-20-8-9-22(21-10-11-27(2,3)37-19-21)23(18-20)38-29(12-13-29)26(33)31-39(35,36)25-7-5-6-24(30-25)32-16-14-28(4,34)15-17-32/h5-9,18,21,34H,10-17,19H2,1-4H3,(H,31,33). The van der Waals surface area contributed by atoms with Crippen LogP contribution in [0.3, 0.4) is 0 Å². The Bertz CT molecular complexity index is 1330. The number of anilines is 1. The van der Waals surface area contributed by atoms with Crippen LogP contribution in [0, 0.1) is 6.92 Å². The Morgan fingerprint density at radius 1 is 1.10 bits per heavy atom. The Morgan fingerprint density at radius 3 is 2.46 bits per heavy atom. The van der Waals surface area contributed by atoms with E-state index in [1.807, 2.05) is 30.0 Å². The fourth-order valence-electron chi connectivity index (χ4n) is 5.23. The highest BCUT2D eigenvalue weighted by atomic mass is 32.2. The number of hydrogen-bond donors (Lipinski definition) is 2. The third-order valence-electron chi connectivity index (χ3n) is 8.18. The van der Waals surface area contributed by atoms with E-state index in [1.165, 1.54) is 6.07 Å². The number of carbonyl (C=O) groups excluding carboxylic acids is 1. The van der Waals surface area contributed by atoms with E-state index >= 15 is 0 Å². The molecule has 2 saturated heterocycles. The number of piperidine rings is 1. The lowest BCUT2D eigenvalue weighted by molar-refractivity contribution is -0.128. The Kier molecular flexibility index (Phi) is 7.18. The highest BCUT2D eigenvalue weighted by Gasteiger charge is 2.54. The van der Waals surface area contributed by atoms with E-state index in [0.717, 1.165) is 24.0 Å². The zero-order chi connectivity index (χ0) is 28.1. The van der Waals surface area contributed by atoms with Gasteiger partial charge in [0.1, 0.15) is 11.6 Å². The third kappa shape index (κ3) is 6.23. The number of nitrogens with zero attached hydrogens (tertiary/aromatic N) is 2. The van der Waals surface area contributed by atoms with Gasteiger partial charge < -0.3 is 19.5 Å². The van der Waals surface area contributed by atoms with Crippen LogP contribution in [0.1, 0.15) is 76.3 Å². The number of carbonyl (C=O) groups is 1. The molecule has 39 heavy (non-hydrogen) atoms. The summed E-state index contributed by atoms with van der Waals surface area (Å²) in [6.45, 7) is 9.63. The summed E-state index contributed by atoms with van der Waals surface area (Å²) in [5, 5.41) is 10.0. The number of aromatic nitrogens is 1. The molecule has 5 rings (SSSR count). The molecule has 2 N–H and O–H groups in total. The van der Waals surface area contributed by atoms with Crippen molar-refractivity contribution in [1.82, 2.24) is 9.71 Å². The number of ether oxygens (including phenoxy) is 2. The molecule has 10 heteroatoms. The molecule has 3 fully saturated rings. The summed E-state index contributed by atoms with van der Waals surface area (Å²) >= 11 is 0. The van der Waals surface area contributed by atoms with Crippen molar-refractivity contribution in [3.05, 3.63) is 47.5 Å². The minimum absolute atomic E-state index is 0.140. The monoisotopic (exact) mass is 557 g/mol. The lowest BCUT2D eigenvalue weighted by atomic mass is 9.86. The molecule has 3 heterocycles. The van der Waals surface area contributed by atoms with E-state index in [2.05, 4.69) is 23.6 Å². The largest absolute Gasteiger partial charge is 0.477 e. The van der Waals surface area contributed by atoms with Crippen LogP contribution < -0.4 is 14.4 Å². The Balaban J connectivity index is 1.30. The van der Waals surface area contributed by atoms with E-state index in [4.69, 9.17) is 9.47 Å². The van der Waals surface area contributed by atoms with Crippen LogP contribution in [0.5, 0.6) is 5.75 Å². The molecule has 212 valence electrons. The first-order chi connectivity index (χ1) is 18.3. The maximum Gasteiger partial charge on any atom is 0.281 e. The minimum atomic E-state index is -4.22. The zero-order valence-corrected chi connectivity index (χ0v) is 24.0. The summed E-state index contributed by atoms with van der Waals surface area (Å²) < 4.78 is 41.0. The van der Waals surface area contributed by atoms with Gasteiger partial charge in [0.15, 0.2) is 10.6 Å². The molecule has 1 aliphatic carbocycles. The van der Waals surface area contributed by atoms with Crippen molar-refractivity contribution in [3.8, 4) is 5.75 Å². The van der Waals surface area contributed by atoms with E-state index in [1.54, 1.807) is 19.1 Å². The predicted octanol–water partition coefficient (Wildman–Crippen LogP) is 3.83. The summed E-state index contributed by atoms with van der Waals surface area (Å²) in [4.78, 5) is 19.6.